The van der Waals surface area contributed by atoms with Gasteiger partial charge in [0.2, 0.25) is 11.6 Å². The molecule has 0 fully saturated rings. The van der Waals surface area contributed by atoms with Crippen LogP contribution in [0.25, 0.3) is 0 Å². The monoisotopic (exact) mass is 326 g/mol. The molecular weight excluding hydrogens is 319 g/mol. The molecule has 0 N–H and O–H groups in total. The van der Waals surface area contributed by atoms with Gasteiger partial charge in [-0.2, -0.15) is 0 Å². The Balaban J connectivity index is 2.46. The second kappa shape index (κ2) is 5.31. The molecule has 1 aromatic carbocycles. The van der Waals surface area contributed by atoms with Gasteiger partial charge in [-0.05, 0) is 40.5 Å². The van der Waals surface area contributed by atoms with Gasteiger partial charge in [0.05, 0.1) is 9.40 Å². The summed E-state index contributed by atoms with van der Waals surface area (Å²) in [5.41, 5.74) is 0.427. The molecule has 0 unspecified atom stereocenters. The number of nitro benzene ring substituents is 1. The number of hydrogen-bond donors (Lipinski definition) is 0. The summed E-state index contributed by atoms with van der Waals surface area (Å²) in [5, 5.41) is 10.8. The first-order chi connectivity index (χ1) is 8.99. The molecule has 0 saturated heterocycles. The smallest absolute Gasteiger partial charge is 0.314 e. The van der Waals surface area contributed by atoms with Gasteiger partial charge in [-0.3, -0.25) is 10.1 Å². The number of nitro groups is 1. The Kier molecular flexibility index (Phi) is 3.75. The number of aryl methyl sites for hydroxylation is 1. The molecule has 7 heteroatoms. The molecule has 98 valence electrons. The average molecular weight is 327 g/mol. The largest absolute Gasteiger partial charge is 0.427 e. The van der Waals surface area contributed by atoms with Crippen molar-refractivity contribution in [3.05, 3.63) is 56.4 Å². The zero-order valence-electron chi connectivity index (χ0n) is 9.76. The van der Waals surface area contributed by atoms with Gasteiger partial charge in [-0.1, -0.05) is 6.07 Å². The second-order valence-electron chi connectivity index (χ2n) is 3.75. The number of benzene rings is 1. The van der Waals surface area contributed by atoms with Gasteiger partial charge >= 0.3 is 5.69 Å². The predicted molar refractivity (Wildman–Crippen MR) is 69.8 cm³/mol. The highest BCUT2D eigenvalue weighted by Gasteiger charge is 2.21. The highest BCUT2D eigenvalue weighted by Crippen LogP contribution is 2.35. The summed E-state index contributed by atoms with van der Waals surface area (Å²) in [7, 11) is 0. The molecule has 1 aromatic heterocycles. The number of para-hydroxylation sites is 1. The van der Waals surface area contributed by atoms with Gasteiger partial charge < -0.3 is 4.74 Å². The fourth-order valence-corrected chi connectivity index (χ4v) is 1.98. The topological polar surface area (TPSA) is 65.3 Å². The zero-order chi connectivity index (χ0) is 14.0. The molecule has 0 aliphatic heterocycles. The third-order valence-electron chi connectivity index (χ3n) is 2.29. The number of nitrogens with zero attached hydrogens (tertiary/aromatic N) is 2. The van der Waals surface area contributed by atoms with Crippen LogP contribution in [0.3, 0.4) is 0 Å². The maximum atomic E-state index is 13.6. The van der Waals surface area contributed by atoms with Crippen molar-refractivity contribution >= 4 is 21.6 Å². The lowest BCUT2D eigenvalue weighted by Gasteiger charge is -2.08. The summed E-state index contributed by atoms with van der Waals surface area (Å²) >= 11 is 3.21. The number of halogens is 2. The van der Waals surface area contributed by atoms with Crippen LogP contribution < -0.4 is 4.74 Å². The van der Waals surface area contributed by atoms with E-state index in [9.17, 15) is 14.5 Å². The highest BCUT2D eigenvalue weighted by molar-refractivity contribution is 9.10. The van der Waals surface area contributed by atoms with Crippen molar-refractivity contribution in [3.8, 4) is 11.6 Å². The molecule has 0 amide bonds. The van der Waals surface area contributed by atoms with Gasteiger partial charge in [0.15, 0.2) is 5.82 Å². The van der Waals surface area contributed by atoms with Crippen LogP contribution >= 0.6 is 15.9 Å². The van der Waals surface area contributed by atoms with Crippen molar-refractivity contribution in [2.75, 3.05) is 0 Å². The number of pyridine rings is 1. The van der Waals surface area contributed by atoms with Crippen LogP contribution in [0.4, 0.5) is 10.1 Å². The molecule has 0 saturated carbocycles. The lowest BCUT2D eigenvalue weighted by atomic mass is 10.3. The standard InChI is InChI=1S/C12H8BrFN2O3/c1-7-5-8(13)12(15-6-7)19-11-9(14)3-2-4-10(11)16(17)18/h2-6H,1H3. The zero-order valence-corrected chi connectivity index (χ0v) is 11.3. The molecule has 5 nitrogen and oxygen atoms in total. The molecule has 19 heavy (non-hydrogen) atoms. The minimum absolute atomic E-state index is 0.0683. The van der Waals surface area contributed by atoms with Crippen molar-refractivity contribution in [2.24, 2.45) is 0 Å². The molecule has 2 rings (SSSR count). The van der Waals surface area contributed by atoms with Crippen LogP contribution in [0, 0.1) is 22.9 Å². The minimum atomic E-state index is -0.816. The number of ether oxygens (including phenoxy) is 1. The van der Waals surface area contributed by atoms with E-state index in [1.165, 1.54) is 18.3 Å². The van der Waals surface area contributed by atoms with Crippen LogP contribution in [-0.2, 0) is 0 Å². The lowest BCUT2D eigenvalue weighted by molar-refractivity contribution is -0.385. The minimum Gasteiger partial charge on any atom is -0.427 e. The van der Waals surface area contributed by atoms with Crippen molar-refractivity contribution in [2.45, 2.75) is 6.92 Å². The van der Waals surface area contributed by atoms with Crippen molar-refractivity contribution < 1.29 is 14.1 Å². The van der Waals surface area contributed by atoms with Gasteiger partial charge in [-0.15, -0.1) is 0 Å². The quantitative estimate of drug-likeness (QED) is 0.631. The Morgan fingerprint density at radius 2 is 2.21 bits per heavy atom. The van der Waals surface area contributed by atoms with Gasteiger partial charge in [0.1, 0.15) is 0 Å². The summed E-state index contributed by atoms with van der Waals surface area (Å²) in [6.45, 7) is 1.83. The van der Waals surface area contributed by atoms with Crippen molar-refractivity contribution in [1.29, 1.82) is 0 Å². The first kappa shape index (κ1) is 13.4. The molecule has 0 aliphatic rings. The van der Waals surface area contributed by atoms with E-state index in [-0.39, 0.29) is 5.88 Å². The van der Waals surface area contributed by atoms with Crippen LogP contribution in [0.5, 0.6) is 11.6 Å². The van der Waals surface area contributed by atoms with E-state index in [1.54, 1.807) is 6.07 Å². The van der Waals surface area contributed by atoms with E-state index in [0.717, 1.165) is 11.6 Å². The SMILES string of the molecule is Cc1cnc(Oc2c(F)cccc2[N+](=O)[O-])c(Br)c1. The molecule has 0 bridgehead atoms. The Hall–Kier alpha value is -2.02. The van der Waals surface area contributed by atoms with E-state index >= 15 is 0 Å². The first-order valence-electron chi connectivity index (χ1n) is 5.22. The molecule has 0 radical (unpaired) electrons. The van der Waals surface area contributed by atoms with Crippen LogP contribution in [0.1, 0.15) is 5.56 Å². The molecule has 0 atom stereocenters. The van der Waals surface area contributed by atoms with Crippen LogP contribution in [-0.4, -0.2) is 9.91 Å². The van der Waals surface area contributed by atoms with Crippen molar-refractivity contribution in [3.63, 3.8) is 0 Å². The van der Waals surface area contributed by atoms with Gasteiger partial charge in [0.25, 0.3) is 0 Å². The number of hydrogen-bond acceptors (Lipinski definition) is 4. The third-order valence-corrected chi connectivity index (χ3v) is 2.85. The normalized spacial score (nSPS) is 10.3. The molecule has 0 aliphatic carbocycles. The fourth-order valence-electron chi connectivity index (χ4n) is 1.44. The average Bonchev–Trinajstić information content (AvgIpc) is 2.34. The first-order valence-corrected chi connectivity index (χ1v) is 6.01. The van der Waals surface area contributed by atoms with Crippen molar-refractivity contribution in [1.82, 2.24) is 4.98 Å². The molecular formula is C12H8BrFN2O3. The maximum Gasteiger partial charge on any atom is 0.314 e. The Morgan fingerprint density at radius 3 is 2.84 bits per heavy atom. The van der Waals surface area contributed by atoms with Gasteiger partial charge in [-0.25, -0.2) is 9.37 Å². The van der Waals surface area contributed by atoms with Crippen LogP contribution in [0.15, 0.2) is 34.9 Å². The Labute approximate surface area is 116 Å². The summed E-state index contributed by atoms with van der Waals surface area (Å²) in [5.74, 6) is -1.20. The second-order valence-corrected chi connectivity index (χ2v) is 4.60. The summed E-state index contributed by atoms with van der Waals surface area (Å²) in [6.07, 6.45) is 1.52. The maximum absolute atomic E-state index is 13.6. The van der Waals surface area contributed by atoms with Crippen LogP contribution in [0.2, 0.25) is 0 Å². The molecule has 1 heterocycles. The predicted octanol–water partition coefficient (Wildman–Crippen LogP) is 3.99. The number of rotatable bonds is 3. The van der Waals surface area contributed by atoms with E-state index in [2.05, 4.69) is 20.9 Å². The van der Waals surface area contributed by atoms with E-state index in [1.807, 2.05) is 6.92 Å². The fraction of sp³-hybridized carbons (Fsp3) is 0.0833. The highest BCUT2D eigenvalue weighted by atomic mass is 79.9. The molecule has 2 aromatic rings. The Morgan fingerprint density at radius 1 is 1.47 bits per heavy atom. The summed E-state index contributed by atoms with van der Waals surface area (Å²) in [4.78, 5) is 14.1. The summed E-state index contributed by atoms with van der Waals surface area (Å²) in [6, 6.07) is 5.22. The van der Waals surface area contributed by atoms with E-state index in [4.69, 9.17) is 4.74 Å². The van der Waals surface area contributed by atoms with E-state index in [0.29, 0.717) is 4.47 Å². The Bertz CT molecular complexity index is 649. The van der Waals surface area contributed by atoms with Gasteiger partial charge in [0, 0.05) is 12.3 Å². The van der Waals surface area contributed by atoms with E-state index < -0.39 is 22.2 Å². The lowest BCUT2D eigenvalue weighted by Crippen LogP contribution is -1.98. The molecule has 0 spiro atoms. The number of aromatic nitrogens is 1. The third kappa shape index (κ3) is 2.87. The summed E-state index contributed by atoms with van der Waals surface area (Å²) < 4.78 is 19.3.